The van der Waals surface area contributed by atoms with Crippen molar-refractivity contribution in [1.29, 1.82) is 0 Å². The minimum atomic E-state index is -0.148. The van der Waals surface area contributed by atoms with Gasteiger partial charge in [0.15, 0.2) is 5.82 Å². The van der Waals surface area contributed by atoms with Crippen molar-refractivity contribution in [3.8, 4) is 11.3 Å². The number of benzene rings is 1. The molecule has 1 aliphatic heterocycles. The Kier molecular flexibility index (Phi) is 4.51. The molecule has 0 radical (unpaired) electrons. The second-order valence-electron chi connectivity index (χ2n) is 6.31. The van der Waals surface area contributed by atoms with E-state index in [1.807, 2.05) is 37.3 Å². The maximum absolute atomic E-state index is 12.1. The summed E-state index contributed by atoms with van der Waals surface area (Å²) in [5.74, 6) is 0.383. The molecule has 1 saturated heterocycles. The highest BCUT2D eigenvalue weighted by atomic mass is 16.5. The first-order valence-corrected chi connectivity index (χ1v) is 8.85. The molecular formula is C19H20N4O3. The Morgan fingerprint density at radius 2 is 2.15 bits per heavy atom. The van der Waals surface area contributed by atoms with E-state index >= 15 is 0 Å². The average molecular weight is 352 g/mol. The Bertz CT molecular complexity index is 910. The summed E-state index contributed by atoms with van der Waals surface area (Å²) >= 11 is 0. The highest BCUT2D eigenvalue weighted by Gasteiger charge is 2.29. The van der Waals surface area contributed by atoms with Crippen LogP contribution in [0.5, 0.6) is 0 Å². The van der Waals surface area contributed by atoms with Crippen molar-refractivity contribution in [3.63, 3.8) is 0 Å². The van der Waals surface area contributed by atoms with E-state index in [1.165, 1.54) is 6.33 Å². The molecule has 1 aliphatic rings. The number of aromatic nitrogens is 3. The fourth-order valence-corrected chi connectivity index (χ4v) is 3.38. The Labute approximate surface area is 151 Å². The molecule has 1 aromatic carbocycles. The van der Waals surface area contributed by atoms with Gasteiger partial charge in [0.05, 0.1) is 12.5 Å². The zero-order valence-corrected chi connectivity index (χ0v) is 14.6. The smallest absolute Gasteiger partial charge is 0.310 e. The number of piperidine rings is 1. The van der Waals surface area contributed by atoms with Gasteiger partial charge in [-0.15, -0.1) is 0 Å². The SMILES string of the molecule is CCOC(=O)[C@@H]1CCCN(c2ncnc3c(-c4ccccc4)noc23)C1. The number of esters is 1. The van der Waals surface area contributed by atoms with Crippen LogP contribution in [-0.4, -0.2) is 40.8 Å². The van der Waals surface area contributed by atoms with Gasteiger partial charge in [-0.2, -0.15) is 0 Å². The predicted molar refractivity (Wildman–Crippen MR) is 96.6 cm³/mol. The molecule has 134 valence electrons. The van der Waals surface area contributed by atoms with Gasteiger partial charge in [-0.05, 0) is 19.8 Å². The summed E-state index contributed by atoms with van der Waals surface area (Å²) in [5, 5.41) is 4.21. The van der Waals surface area contributed by atoms with Gasteiger partial charge in [-0.3, -0.25) is 4.79 Å². The van der Waals surface area contributed by atoms with E-state index in [0.29, 0.717) is 35.8 Å². The first kappa shape index (κ1) is 16.5. The predicted octanol–water partition coefficient (Wildman–Crippen LogP) is 3.06. The van der Waals surface area contributed by atoms with Crippen LogP contribution in [0.4, 0.5) is 5.82 Å². The number of anilines is 1. The summed E-state index contributed by atoms with van der Waals surface area (Å²) in [6.07, 6.45) is 3.25. The maximum atomic E-state index is 12.1. The fourth-order valence-electron chi connectivity index (χ4n) is 3.38. The number of fused-ring (bicyclic) bond motifs is 1. The topological polar surface area (TPSA) is 81.4 Å². The van der Waals surface area contributed by atoms with Gasteiger partial charge in [0.1, 0.15) is 17.5 Å². The third-order valence-electron chi connectivity index (χ3n) is 4.63. The standard InChI is InChI=1S/C19H20N4O3/c1-2-25-19(24)14-9-6-10-23(11-14)18-17-16(20-12-21-18)15(22-26-17)13-7-4-3-5-8-13/h3-5,7-8,12,14H,2,6,9-11H2,1H3/t14-/m1/s1. The molecule has 7 heteroatoms. The number of nitrogens with zero attached hydrogens (tertiary/aromatic N) is 4. The van der Waals surface area contributed by atoms with Crippen molar-refractivity contribution in [2.75, 3.05) is 24.6 Å². The van der Waals surface area contributed by atoms with Gasteiger partial charge in [-0.1, -0.05) is 35.5 Å². The molecule has 26 heavy (non-hydrogen) atoms. The van der Waals surface area contributed by atoms with Crippen LogP contribution in [-0.2, 0) is 9.53 Å². The van der Waals surface area contributed by atoms with Crippen molar-refractivity contribution in [2.24, 2.45) is 5.92 Å². The van der Waals surface area contributed by atoms with E-state index < -0.39 is 0 Å². The zero-order chi connectivity index (χ0) is 17.9. The number of carbonyl (C=O) groups excluding carboxylic acids is 1. The molecule has 0 spiro atoms. The molecule has 4 rings (SSSR count). The van der Waals surface area contributed by atoms with Crippen molar-refractivity contribution in [1.82, 2.24) is 15.1 Å². The first-order chi connectivity index (χ1) is 12.8. The largest absolute Gasteiger partial charge is 0.466 e. The molecule has 3 heterocycles. The van der Waals surface area contributed by atoms with E-state index in [9.17, 15) is 4.79 Å². The summed E-state index contributed by atoms with van der Waals surface area (Å²) in [6.45, 7) is 3.59. The quantitative estimate of drug-likeness (QED) is 0.667. The lowest BCUT2D eigenvalue weighted by atomic mass is 9.98. The number of carbonyl (C=O) groups is 1. The average Bonchev–Trinajstić information content (AvgIpc) is 3.13. The third kappa shape index (κ3) is 3.00. The van der Waals surface area contributed by atoms with Crippen molar-refractivity contribution in [3.05, 3.63) is 36.7 Å². The number of rotatable bonds is 4. The molecule has 1 fully saturated rings. The van der Waals surface area contributed by atoms with Crippen LogP contribution in [0.1, 0.15) is 19.8 Å². The normalized spacial score (nSPS) is 17.4. The van der Waals surface area contributed by atoms with E-state index in [4.69, 9.17) is 9.26 Å². The molecule has 0 unspecified atom stereocenters. The fraction of sp³-hybridized carbons (Fsp3) is 0.368. The Morgan fingerprint density at radius 1 is 1.31 bits per heavy atom. The molecule has 0 saturated carbocycles. The number of ether oxygens (including phenoxy) is 1. The molecule has 3 aromatic rings. The Balaban J connectivity index is 1.67. The molecule has 7 nitrogen and oxygen atoms in total. The third-order valence-corrected chi connectivity index (χ3v) is 4.63. The van der Waals surface area contributed by atoms with E-state index in [0.717, 1.165) is 24.9 Å². The second-order valence-corrected chi connectivity index (χ2v) is 6.31. The van der Waals surface area contributed by atoms with E-state index in [-0.39, 0.29) is 11.9 Å². The monoisotopic (exact) mass is 352 g/mol. The van der Waals surface area contributed by atoms with Gasteiger partial charge in [0, 0.05) is 18.7 Å². The minimum Gasteiger partial charge on any atom is -0.466 e. The lowest BCUT2D eigenvalue weighted by molar-refractivity contribution is -0.148. The number of hydrogen-bond donors (Lipinski definition) is 0. The maximum Gasteiger partial charge on any atom is 0.310 e. The summed E-state index contributed by atoms with van der Waals surface area (Å²) in [6, 6.07) is 9.79. The minimum absolute atomic E-state index is 0.148. The second kappa shape index (κ2) is 7.11. The molecular weight excluding hydrogens is 332 g/mol. The van der Waals surface area contributed by atoms with Gasteiger partial charge in [0.25, 0.3) is 0 Å². The van der Waals surface area contributed by atoms with E-state index in [1.54, 1.807) is 0 Å². The van der Waals surface area contributed by atoms with Crippen LogP contribution < -0.4 is 4.90 Å². The molecule has 1 atom stereocenters. The molecule has 2 aromatic heterocycles. The van der Waals surface area contributed by atoms with Gasteiger partial charge >= 0.3 is 5.97 Å². The van der Waals surface area contributed by atoms with Crippen LogP contribution in [0.2, 0.25) is 0 Å². The highest BCUT2D eigenvalue weighted by Crippen LogP contribution is 2.32. The lowest BCUT2D eigenvalue weighted by Gasteiger charge is -2.31. The summed E-state index contributed by atoms with van der Waals surface area (Å²) in [4.78, 5) is 23.0. The molecule has 0 N–H and O–H groups in total. The van der Waals surface area contributed by atoms with Crippen LogP contribution in [0, 0.1) is 5.92 Å². The summed E-state index contributed by atoms with van der Waals surface area (Å²) in [5.41, 5.74) is 2.87. The zero-order valence-electron chi connectivity index (χ0n) is 14.6. The summed E-state index contributed by atoms with van der Waals surface area (Å²) < 4.78 is 10.8. The van der Waals surface area contributed by atoms with Crippen LogP contribution >= 0.6 is 0 Å². The van der Waals surface area contributed by atoms with Gasteiger partial charge in [-0.25, -0.2) is 9.97 Å². The van der Waals surface area contributed by atoms with Crippen LogP contribution in [0.25, 0.3) is 22.4 Å². The lowest BCUT2D eigenvalue weighted by Crippen LogP contribution is -2.40. The van der Waals surface area contributed by atoms with Crippen molar-refractivity contribution < 1.29 is 14.1 Å². The Morgan fingerprint density at radius 3 is 2.96 bits per heavy atom. The Hall–Kier alpha value is -2.96. The highest BCUT2D eigenvalue weighted by molar-refractivity contribution is 5.93. The van der Waals surface area contributed by atoms with Gasteiger partial charge < -0.3 is 14.2 Å². The van der Waals surface area contributed by atoms with Crippen LogP contribution in [0.15, 0.2) is 41.2 Å². The first-order valence-electron chi connectivity index (χ1n) is 8.85. The van der Waals surface area contributed by atoms with Crippen LogP contribution in [0.3, 0.4) is 0 Å². The van der Waals surface area contributed by atoms with Gasteiger partial charge in [0.2, 0.25) is 5.58 Å². The molecule has 0 aliphatic carbocycles. The molecule has 0 amide bonds. The summed E-state index contributed by atoms with van der Waals surface area (Å²) in [7, 11) is 0. The van der Waals surface area contributed by atoms with Crippen molar-refractivity contribution in [2.45, 2.75) is 19.8 Å². The van der Waals surface area contributed by atoms with Crippen molar-refractivity contribution >= 4 is 22.9 Å². The van der Waals surface area contributed by atoms with E-state index in [2.05, 4.69) is 20.0 Å². The molecule has 0 bridgehead atoms. The number of hydrogen-bond acceptors (Lipinski definition) is 7.